The minimum Gasteiger partial charge on any atom is -0.477 e. The normalized spacial score (nSPS) is 20.3. The SMILES string of the molecule is NC[C@@H]1CN(c2c(F)c(N)c3c(=O)c(C(=O)O)cn(C4CC4)c3c2F)C[C@H]1c1ccc(N)cc1. The molecule has 8 nitrogen and oxygen atoms in total. The fourth-order valence-electron chi connectivity index (χ4n) is 5.04. The molecule has 1 aliphatic heterocycles. The largest absolute Gasteiger partial charge is 0.477 e. The van der Waals surface area contributed by atoms with Crippen molar-refractivity contribution in [2.24, 2.45) is 11.7 Å². The lowest BCUT2D eigenvalue weighted by atomic mass is 9.89. The molecular formula is C24H25F2N5O3. The Morgan fingerprint density at radius 2 is 1.76 bits per heavy atom. The first-order chi connectivity index (χ1) is 16.2. The van der Waals surface area contributed by atoms with Gasteiger partial charge in [0, 0.05) is 36.9 Å². The van der Waals surface area contributed by atoms with E-state index in [0.717, 1.165) is 11.8 Å². The number of aromatic nitrogens is 1. The van der Waals surface area contributed by atoms with Gasteiger partial charge in [0.1, 0.15) is 11.3 Å². The Morgan fingerprint density at radius 1 is 1.09 bits per heavy atom. The first-order valence-electron chi connectivity index (χ1n) is 11.1. The van der Waals surface area contributed by atoms with E-state index in [1.165, 1.54) is 4.57 Å². The fraction of sp³-hybridized carbons (Fsp3) is 0.333. The monoisotopic (exact) mass is 469 g/mol. The number of carboxylic acids is 1. The van der Waals surface area contributed by atoms with Gasteiger partial charge in [-0.05, 0) is 43.0 Å². The molecule has 2 heterocycles. The number of hydrogen-bond acceptors (Lipinski definition) is 6. The smallest absolute Gasteiger partial charge is 0.341 e. The van der Waals surface area contributed by atoms with E-state index in [1.54, 1.807) is 17.0 Å². The zero-order valence-corrected chi connectivity index (χ0v) is 18.3. The van der Waals surface area contributed by atoms with E-state index in [9.17, 15) is 14.7 Å². The third-order valence-corrected chi connectivity index (χ3v) is 6.96. The number of nitrogens with zero attached hydrogens (tertiary/aromatic N) is 2. The Hall–Kier alpha value is -3.66. The lowest BCUT2D eigenvalue weighted by Crippen LogP contribution is -2.27. The molecule has 0 amide bonds. The maximum Gasteiger partial charge on any atom is 0.341 e. The standard InChI is InChI=1S/C24H25F2N5O3/c25-18-20(29)17-21(31(14-5-6-14)10-16(23(17)32)24(33)34)19(26)22(18)30-8-12(7-27)15(9-30)11-1-3-13(28)4-2-11/h1-4,10,12,14-15H,5-9,27-29H2,(H,33,34)/t12-,15+/m1/s1. The summed E-state index contributed by atoms with van der Waals surface area (Å²) in [5.41, 5.74) is 16.8. The zero-order valence-electron chi connectivity index (χ0n) is 18.3. The third-order valence-electron chi connectivity index (χ3n) is 6.96. The van der Waals surface area contributed by atoms with Crippen LogP contribution >= 0.6 is 0 Å². The molecule has 0 unspecified atom stereocenters. The summed E-state index contributed by atoms with van der Waals surface area (Å²) in [6.45, 7) is 0.906. The molecule has 2 aromatic carbocycles. The highest BCUT2D eigenvalue weighted by atomic mass is 19.1. The van der Waals surface area contributed by atoms with Gasteiger partial charge in [-0.15, -0.1) is 0 Å². The molecule has 3 aromatic rings. The molecule has 1 aliphatic carbocycles. The third kappa shape index (κ3) is 3.37. The summed E-state index contributed by atoms with van der Waals surface area (Å²) in [4.78, 5) is 26.0. The number of fused-ring (bicyclic) bond motifs is 1. The van der Waals surface area contributed by atoms with Crippen molar-refractivity contribution in [3.8, 4) is 0 Å². The molecule has 2 fully saturated rings. The van der Waals surface area contributed by atoms with Gasteiger partial charge in [0.2, 0.25) is 5.43 Å². The Kier molecular flexibility index (Phi) is 5.20. The van der Waals surface area contributed by atoms with Crippen LogP contribution < -0.4 is 27.5 Å². The number of benzene rings is 2. The van der Waals surface area contributed by atoms with Gasteiger partial charge >= 0.3 is 5.97 Å². The number of halogens is 2. The van der Waals surface area contributed by atoms with Gasteiger partial charge in [-0.25, -0.2) is 13.6 Å². The van der Waals surface area contributed by atoms with E-state index in [-0.39, 0.29) is 29.1 Å². The molecule has 10 heteroatoms. The molecule has 0 radical (unpaired) electrons. The molecular weight excluding hydrogens is 444 g/mol. The second-order valence-corrected chi connectivity index (χ2v) is 9.10. The molecule has 5 rings (SSSR count). The Balaban J connectivity index is 1.68. The minimum atomic E-state index is -1.47. The molecule has 178 valence electrons. The van der Waals surface area contributed by atoms with E-state index in [1.807, 2.05) is 12.1 Å². The topological polar surface area (TPSA) is 141 Å². The maximum absolute atomic E-state index is 16.0. The summed E-state index contributed by atoms with van der Waals surface area (Å²) < 4.78 is 33.0. The van der Waals surface area contributed by atoms with Crippen LogP contribution in [-0.4, -0.2) is 35.3 Å². The highest BCUT2D eigenvalue weighted by Gasteiger charge is 2.38. The van der Waals surface area contributed by atoms with Crippen molar-refractivity contribution >= 4 is 33.9 Å². The number of carbonyl (C=O) groups is 1. The number of carboxylic acid groups (broad SMARTS) is 1. The second-order valence-electron chi connectivity index (χ2n) is 9.10. The van der Waals surface area contributed by atoms with Crippen LogP contribution in [0.5, 0.6) is 0 Å². The highest BCUT2D eigenvalue weighted by molar-refractivity contribution is 5.99. The van der Waals surface area contributed by atoms with Crippen LogP contribution in [0.25, 0.3) is 10.9 Å². The van der Waals surface area contributed by atoms with Crippen LogP contribution in [0.3, 0.4) is 0 Å². The predicted octanol–water partition coefficient (Wildman–Crippen LogP) is 2.66. The van der Waals surface area contributed by atoms with Crippen molar-refractivity contribution < 1.29 is 18.7 Å². The molecule has 1 saturated heterocycles. The first-order valence-corrected chi connectivity index (χ1v) is 11.1. The summed E-state index contributed by atoms with van der Waals surface area (Å²) >= 11 is 0. The molecule has 0 spiro atoms. The number of aromatic carboxylic acids is 1. The van der Waals surface area contributed by atoms with Crippen LogP contribution in [0, 0.1) is 17.6 Å². The van der Waals surface area contributed by atoms with Gasteiger partial charge in [0.25, 0.3) is 0 Å². The molecule has 1 aromatic heterocycles. The Bertz CT molecular complexity index is 1370. The van der Waals surface area contributed by atoms with Crippen molar-refractivity contribution in [2.45, 2.75) is 24.8 Å². The summed E-state index contributed by atoms with van der Waals surface area (Å²) in [6, 6.07) is 7.13. The van der Waals surface area contributed by atoms with Crippen molar-refractivity contribution in [2.75, 3.05) is 36.0 Å². The van der Waals surface area contributed by atoms with Crippen LogP contribution in [0.15, 0.2) is 35.3 Å². The van der Waals surface area contributed by atoms with Gasteiger partial charge in [-0.1, -0.05) is 12.1 Å². The number of anilines is 3. The van der Waals surface area contributed by atoms with Gasteiger partial charge < -0.3 is 31.8 Å². The lowest BCUT2D eigenvalue weighted by molar-refractivity contribution is 0.0695. The van der Waals surface area contributed by atoms with Gasteiger partial charge in [0.15, 0.2) is 11.6 Å². The minimum absolute atomic E-state index is 0.0700. The van der Waals surface area contributed by atoms with E-state index >= 15 is 8.78 Å². The second kappa shape index (κ2) is 7.98. The average molecular weight is 469 g/mol. The number of nitrogen functional groups attached to an aromatic ring is 2. The number of pyridine rings is 1. The summed E-state index contributed by atoms with van der Waals surface area (Å²) in [5.74, 6) is -3.61. The van der Waals surface area contributed by atoms with E-state index < -0.39 is 39.7 Å². The molecule has 2 atom stereocenters. The average Bonchev–Trinajstić information content (AvgIpc) is 3.57. The Morgan fingerprint density at radius 3 is 2.35 bits per heavy atom. The lowest BCUT2D eigenvalue weighted by Gasteiger charge is -2.24. The van der Waals surface area contributed by atoms with E-state index in [4.69, 9.17) is 17.2 Å². The van der Waals surface area contributed by atoms with Crippen LogP contribution in [0.2, 0.25) is 0 Å². The van der Waals surface area contributed by atoms with Gasteiger partial charge in [-0.3, -0.25) is 4.79 Å². The molecule has 0 bridgehead atoms. The fourth-order valence-corrected chi connectivity index (χ4v) is 5.04. The number of rotatable bonds is 5. The van der Waals surface area contributed by atoms with Crippen molar-refractivity contribution in [3.63, 3.8) is 0 Å². The van der Waals surface area contributed by atoms with Crippen LogP contribution in [0.1, 0.15) is 40.7 Å². The van der Waals surface area contributed by atoms with Crippen LogP contribution in [0.4, 0.5) is 25.8 Å². The first kappa shape index (κ1) is 22.1. The highest BCUT2D eigenvalue weighted by Crippen LogP contribution is 2.44. The zero-order chi connectivity index (χ0) is 24.3. The number of nitrogens with two attached hydrogens (primary N) is 3. The van der Waals surface area contributed by atoms with E-state index in [2.05, 4.69) is 0 Å². The molecule has 1 saturated carbocycles. The van der Waals surface area contributed by atoms with Crippen molar-refractivity contribution in [3.05, 3.63) is 63.4 Å². The van der Waals surface area contributed by atoms with Crippen LogP contribution in [-0.2, 0) is 0 Å². The maximum atomic E-state index is 16.0. The molecule has 2 aliphatic rings. The molecule has 7 N–H and O–H groups in total. The van der Waals surface area contributed by atoms with Crippen molar-refractivity contribution in [1.29, 1.82) is 0 Å². The summed E-state index contributed by atoms with van der Waals surface area (Å²) in [6.07, 6.45) is 2.53. The van der Waals surface area contributed by atoms with Gasteiger partial charge in [-0.2, -0.15) is 0 Å². The Labute approximate surface area is 193 Å². The predicted molar refractivity (Wildman–Crippen MR) is 126 cm³/mol. The summed E-state index contributed by atoms with van der Waals surface area (Å²) in [7, 11) is 0. The van der Waals surface area contributed by atoms with Gasteiger partial charge in [0.05, 0.1) is 16.6 Å². The van der Waals surface area contributed by atoms with E-state index in [0.29, 0.717) is 38.2 Å². The quantitative estimate of drug-likeness (QED) is 0.421. The summed E-state index contributed by atoms with van der Waals surface area (Å²) in [5, 5.41) is 9.01. The number of hydrogen-bond donors (Lipinski definition) is 4. The van der Waals surface area contributed by atoms with Crippen molar-refractivity contribution in [1.82, 2.24) is 4.57 Å². The molecule has 34 heavy (non-hydrogen) atoms.